The van der Waals surface area contributed by atoms with Gasteiger partial charge in [0.25, 0.3) is 0 Å². The molecule has 0 aliphatic heterocycles. The first-order valence-corrected chi connectivity index (χ1v) is 15.6. The van der Waals surface area contributed by atoms with E-state index in [0.717, 1.165) is 47.6 Å². The third-order valence-corrected chi connectivity index (χ3v) is 8.78. The normalized spacial score (nSPS) is 13.8. The second-order valence-electron chi connectivity index (χ2n) is 10.7. The molecule has 2 aromatic rings. The van der Waals surface area contributed by atoms with Crippen molar-refractivity contribution in [2.75, 3.05) is 19.6 Å². The van der Waals surface area contributed by atoms with Crippen LogP contribution in [0.15, 0.2) is 30.4 Å². The van der Waals surface area contributed by atoms with Crippen LogP contribution in [-0.4, -0.2) is 53.0 Å². The monoisotopic (exact) mass is 555 g/mol. The number of aryl methyl sites for hydroxylation is 1. The molecular weight excluding hydrogens is 506 g/mol. The lowest BCUT2D eigenvalue weighted by atomic mass is 9.91. The number of benzene rings is 1. The van der Waals surface area contributed by atoms with Gasteiger partial charge in [0.15, 0.2) is 5.78 Å². The highest BCUT2D eigenvalue weighted by Gasteiger charge is 2.28. The van der Waals surface area contributed by atoms with Crippen LogP contribution in [-0.2, 0) is 27.2 Å². The molecule has 0 radical (unpaired) electrons. The number of Topliss-reactive ketones (excluding diaryl/α,β-unsaturated/α-hetero) is 2. The van der Waals surface area contributed by atoms with Gasteiger partial charge < -0.3 is 5.32 Å². The van der Waals surface area contributed by atoms with E-state index in [1.54, 1.807) is 11.3 Å². The maximum absolute atomic E-state index is 13.6. The second kappa shape index (κ2) is 16.7. The van der Waals surface area contributed by atoms with Crippen molar-refractivity contribution in [3.8, 4) is 0 Å². The summed E-state index contributed by atoms with van der Waals surface area (Å²) in [5.41, 5.74) is 2.82. The minimum Gasteiger partial charge on any atom is -0.353 e. The average Bonchev–Trinajstić information content (AvgIpc) is 3.34. The van der Waals surface area contributed by atoms with Crippen LogP contribution in [0.4, 0.5) is 0 Å². The molecule has 1 N–H and O–H groups in total. The summed E-state index contributed by atoms with van der Waals surface area (Å²) in [4.78, 5) is 46.1. The summed E-state index contributed by atoms with van der Waals surface area (Å²) < 4.78 is 1.12. The second-order valence-corrected chi connectivity index (χ2v) is 11.8. The van der Waals surface area contributed by atoms with Gasteiger partial charge in [0.1, 0.15) is 5.78 Å². The van der Waals surface area contributed by atoms with E-state index in [1.807, 2.05) is 13.0 Å². The van der Waals surface area contributed by atoms with E-state index in [-0.39, 0.29) is 35.9 Å². The third kappa shape index (κ3) is 10.3. The molecule has 0 spiro atoms. The number of fused-ring (bicyclic) bond motifs is 1. The predicted molar refractivity (Wildman–Crippen MR) is 163 cm³/mol. The smallest absolute Gasteiger partial charge is 0.224 e. The average molecular weight is 556 g/mol. The van der Waals surface area contributed by atoms with Crippen LogP contribution < -0.4 is 5.32 Å². The number of thiazole rings is 1. The number of nitrogens with one attached hydrogen (secondary N) is 1. The van der Waals surface area contributed by atoms with E-state index >= 15 is 0 Å². The lowest BCUT2D eigenvalue weighted by Gasteiger charge is -2.27. The quantitative estimate of drug-likeness (QED) is 0.199. The number of aromatic nitrogens is 1. The fraction of sp³-hybridized carbons (Fsp3) is 0.625. The minimum absolute atomic E-state index is 0.0556. The molecule has 0 bridgehead atoms. The molecule has 7 heteroatoms. The Morgan fingerprint density at radius 2 is 1.79 bits per heavy atom. The summed E-state index contributed by atoms with van der Waals surface area (Å²) in [5.74, 6) is -0.224. The molecule has 0 saturated carbocycles. The molecule has 0 aliphatic rings. The molecule has 6 nitrogen and oxygen atoms in total. The van der Waals surface area contributed by atoms with Crippen molar-refractivity contribution in [3.63, 3.8) is 0 Å². The zero-order chi connectivity index (χ0) is 28.9. The molecule has 0 fully saturated rings. The van der Waals surface area contributed by atoms with E-state index in [2.05, 4.69) is 63.5 Å². The van der Waals surface area contributed by atoms with Crippen molar-refractivity contribution in [2.24, 2.45) is 11.8 Å². The fourth-order valence-corrected chi connectivity index (χ4v) is 5.91. The number of hydrogen-bond acceptors (Lipinski definition) is 6. The largest absolute Gasteiger partial charge is 0.353 e. The number of rotatable bonds is 19. The first-order chi connectivity index (χ1) is 18.6. The van der Waals surface area contributed by atoms with E-state index < -0.39 is 5.92 Å². The SMILES string of the molecule is C=C(CN(CC)CC)C(=O)CC[C@@H](NC(=O)[C@@H](CC(=O)CCC)Cc1nc2ccc(CC)cc2s1)[C@@H](C)CC. The first-order valence-electron chi connectivity index (χ1n) is 14.8. The molecular formula is C32H49N3O3S. The van der Waals surface area contributed by atoms with Crippen molar-refractivity contribution in [1.82, 2.24) is 15.2 Å². The molecule has 39 heavy (non-hydrogen) atoms. The van der Waals surface area contributed by atoms with Crippen molar-refractivity contribution >= 4 is 39.0 Å². The molecule has 0 saturated heterocycles. The topological polar surface area (TPSA) is 79.4 Å². The number of likely N-dealkylation sites (N-methyl/N-ethyl adjacent to an activating group) is 1. The highest BCUT2D eigenvalue weighted by Crippen LogP contribution is 2.27. The van der Waals surface area contributed by atoms with Gasteiger partial charge in [-0.05, 0) is 56.0 Å². The Bertz CT molecular complexity index is 1110. The molecule has 3 atom stereocenters. The Morgan fingerprint density at radius 1 is 1.08 bits per heavy atom. The maximum Gasteiger partial charge on any atom is 0.224 e. The van der Waals surface area contributed by atoms with Crippen molar-refractivity contribution in [3.05, 3.63) is 40.9 Å². The van der Waals surface area contributed by atoms with E-state index in [1.165, 1.54) is 5.56 Å². The summed E-state index contributed by atoms with van der Waals surface area (Å²) in [7, 11) is 0. The van der Waals surface area contributed by atoms with Crippen LogP contribution in [0.25, 0.3) is 10.2 Å². The van der Waals surface area contributed by atoms with E-state index in [9.17, 15) is 14.4 Å². The Balaban J connectivity index is 2.15. The van der Waals surface area contributed by atoms with Crippen LogP contribution in [0, 0.1) is 11.8 Å². The number of amides is 1. The van der Waals surface area contributed by atoms with E-state index in [4.69, 9.17) is 4.98 Å². The fourth-order valence-electron chi connectivity index (χ4n) is 4.80. The number of carbonyl (C=O) groups excluding carboxylic acids is 3. The molecule has 216 valence electrons. The summed E-state index contributed by atoms with van der Waals surface area (Å²) >= 11 is 1.61. The third-order valence-electron chi connectivity index (χ3n) is 7.74. The van der Waals surface area contributed by atoms with Crippen molar-refractivity contribution in [2.45, 2.75) is 99.0 Å². The zero-order valence-corrected chi connectivity index (χ0v) is 25.8. The van der Waals surface area contributed by atoms with Crippen molar-refractivity contribution < 1.29 is 14.4 Å². The van der Waals surface area contributed by atoms with Crippen LogP contribution in [0.2, 0.25) is 0 Å². The first kappa shape index (κ1) is 32.8. The van der Waals surface area contributed by atoms with Gasteiger partial charge in [-0.15, -0.1) is 11.3 Å². The Labute approximate surface area is 239 Å². The van der Waals surface area contributed by atoms with Gasteiger partial charge in [0, 0.05) is 43.8 Å². The molecule has 0 unspecified atom stereocenters. The summed E-state index contributed by atoms with van der Waals surface area (Å²) in [6, 6.07) is 6.15. The molecule has 0 aliphatic carbocycles. The van der Waals surface area contributed by atoms with Gasteiger partial charge in [-0.1, -0.05) is 60.6 Å². The van der Waals surface area contributed by atoms with Gasteiger partial charge >= 0.3 is 0 Å². The number of ketones is 2. The molecule has 1 heterocycles. The number of carbonyl (C=O) groups is 3. The Kier molecular flexibility index (Phi) is 14.0. The lowest BCUT2D eigenvalue weighted by molar-refractivity contribution is -0.130. The predicted octanol–water partition coefficient (Wildman–Crippen LogP) is 6.55. The lowest BCUT2D eigenvalue weighted by Crippen LogP contribution is -2.43. The maximum atomic E-state index is 13.6. The summed E-state index contributed by atoms with van der Waals surface area (Å²) in [6.45, 7) is 18.8. The Morgan fingerprint density at radius 3 is 2.41 bits per heavy atom. The van der Waals surface area contributed by atoms with Crippen LogP contribution in [0.5, 0.6) is 0 Å². The highest BCUT2D eigenvalue weighted by molar-refractivity contribution is 7.18. The molecule has 2 rings (SSSR count). The van der Waals surface area contributed by atoms with Gasteiger partial charge in [-0.3, -0.25) is 19.3 Å². The standard InChI is InChI=1S/C32H49N3O3S/c1-8-13-26(36)19-25(20-31-33-28-15-14-24(10-3)18-30(28)39-31)32(38)34-27(22(6)9-2)16-17-29(37)23(7)21-35(11-4)12-5/h14-15,18,22,25,27H,7-13,16-17,19-21H2,1-6H3,(H,34,38)/t22-,25-,27+/m0/s1. The molecule has 1 amide bonds. The van der Waals surface area contributed by atoms with E-state index in [0.29, 0.717) is 37.8 Å². The van der Waals surface area contributed by atoms with Gasteiger partial charge in [0.2, 0.25) is 5.91 Å². The summed E-state index contributed by atoms with van der Waals surface area (Å²) in [6.07, 6.45) is 4.65. The van der Waals surface area contributed by atoms with Crippen molar-refractivity contribution in [1.29, 1.82) is 0 Å². The van der Waals surface area contributed by atoms with Gasteiger partial charge in [0.05, 0.1) is 21.1 Å². The number of hydrogen-bond donors (Lipinski definition) is 1. The Hall–Kier alpha value is -2.38. The molecule has 1 aromatic carbocycles. The number of nitrogens with zero attached hydrogens (tertiary/aromatic N) is 2. The van der Waals surface area contributed by atoms with Gasteiger partial charge in [-0.25, -0.2) is 4.98 Å². The van der Waals surface area contributed by atoms with Crippen LogP contribution >= 0.6 is 11.3 Å². The zero-order valence-electron chi connectivity index (χ0n) is 25.0. The van der Waals surface area contributed by atoms with Gasteiger partial charge in [-0.2, -0.15) is 0 Å². The van der Waals surface area contributed by atoms with Crippen LogP contribution in [0.3, 0.4) is 0 Å². The highest BCUT2D eigenvalue weighted by atomic mass is 32.1. The summed E-state index contributed by atoms with van der Waals surface area (Å²) in [5, 5.41) is 4.12. The van der Waals surface area contributed by atoms with Crippen LogP contribution in [0.1, 0.15) is 90.6 Å². The molecule has 1 aromatic heterocycles. The minimum atomic E-state index is -0.477.